The molecule has 0 saturated heterocycles. The molecular formula is C24H19BrN4O. The SMILES string of the molecule is NCc1cccc(Cn2cc(-c3nc4ccccc4[nH]c3=O)c3cc(Br)ccc32)c1. The van der Waals surface area contributed by atoms with E-state index in [0.29, 0.717) is 18.8 Å². The van der Waals surface area contributed by atoms with E-state index in [0.717, 1.165) is 43.1 Å². The molecule has 0 radical (unpaired) electrons. The standard InChI is InChI=1S/C24H19BrN4O/c25-17-8-9-22-18(11-17)19(14-29(22)13-16-5-3-4-15(10-16)12-26)23-24(30)28-21-7-2-1-6-20(21)27-23/h1-11,14H,12-13,26H2,(H,28,30). The molecule has 0 aliphatic carbocycles. The van der Waals surface area contributed by atoms with Gasteiger partial charge in [0.2, 0.25) is 0 Å². The molecule has 0 saturated carbocycles. The smallest absolute Gasteiger partial charge is 0.275 e. The van der Waals surface area contributed by atoms with Crippen LogP contribution in [-0.2, 0) is 13.1 Å². The van der Waals surface area contributed by atoms with Gasteiger partial charge in [-0.25, -0.2) is 4.98 Å². The van der Waals surface area contributed by atoms with Gasteiger partial charge < -0.3 is 15.3 Å². The van der Waals surface area contributed by atoms with Crippen LogP contribution < -0.4 is 11.3 Å². The quantitative estimate of drug-likeness (QED) is 0.405. The Hall–Kier alpha value is -3.22. The van der Waals surface area contributed by atoms with Gasteiger partial charge in [-0.1, -0.05) is 52.3 Å². The van der Waals surface area contributed by atoms with Crippen LogP contribution in [0.3, 0.4) is 0 Å². The van der Waals surface area contributed by atoms with Crippen molar-refractivity contribution in [2.24, 2.45) is 5.73 Å². The van der Waals surface area contributed by atoms with Crippen molar-refractivity contribution >= 4 is 37.9 Å². The summed E-state index contributed by atoms with van der Waals surface area (Å²) in [5.74, 6) is 0. The number of para-hydroxylation sites is 2. The average molecular weight is 459 g/mol. The Morgan fingerprint density at radius 3 is 2.70 bits per heavy atom. The van der Waals surface area contributed by atoms with Gasteiger partial charge >= 0.3 is 0 Å². The normalized spacial score (nSPS) is 11.4. The number of hydrogen-bond acceptors (Lipinski definition) is 3. The molecule has 30 heavy (non-hydrogen) atoms. The zero-order valence-corrected chi connectivity index (χ0v) is 17.7. The first-order valence-corrected chi connectivity index (χ1v) is 10.5. The fourth-order valence-corrected chi connectivity index (χ4v) is 4.21. The summed E-state index contributed by atoms with van der Waals surface area (Å²) in [6.45, 7) is 1.19. The lowest BCUT2D eigenvalue weighted by molar-refractivity contribution is 0.834. The highest BCUT2D eigenvalue weighted by Gasteiger charge is 2.16. The van der Waals surface area contributed by atoms with E-state index in [4.69, 9.17) is 5.73 Å². The zero-order chi connectivity index (χ0) is 20.7. The minimum Gasteiger partial charge on any atom is -0.342 e. The summed E-state index contributed by atoms with van der Waals surface area (Å²) in [6, 6.07) is 21.9. The van der Waals surface area contributed by atoms with Gasteiger partial charge in [-0.2, -0.15) is 0 Å². The van der Waals surface area contributed by atoms with E-state index in [2.05, 4.69) is 48.7 Å². The molecule has 0 fully saturated rings. The van der Waals surface area contributed by atoms with E-state index in [9.17, 15) is 4.79 Å². The predicted octanol–water partition coefficient (Wildman–Crippen LogP) is 4.81. The van der Waals surface area contributed by atoms with Crippen molar-refractivity contribution in [1.82, 2.24) is 14.5 Å². The van der Waals surface area contributed by atoms with E-state index in [1.165, 1.54) is 0 Å². The highest BCUT2D eigenvalue weighted by Crippen LogP contribution is 2.31. The minimum absolute atomic E-state index is 0.196. The van der Waals surface area contributed by atoms with Crippen molar-refractivity contribution in [2.45, 2.75) is 13.1 Å². The third-order valence-corrected chi connectivity index (χ3v) is 5.77. The summed E-state index contributed by atoms with van der Waals surface area (Å²) in [5.41, 5.74) is 11.6. The van der Waals surface area contributed by atoms with E-state index in [-0.39, 0.29) is 5.56 Å². The number of rotatable bonds is 4. The summed E-state index contributed by atoms with van der Waals surface area (Å²) in [7, 11) is 0. The summed E-state index contributed by atoms with van der Waals surface area (Å²) in [6.07, 6.45) is 2.01. The van der Waals surface area contributed by atoms with E-state index >= 15 is 0 Å². The summed E-state index contributed by atoms with van der Waals surface area (Å²) >= 11 is 3.56. The first-order chi connectivity index (χ1) is 14.6. The van der Waals surface area contributed by atoms with Gasteiger partial charge in [-0.3, -0.25) is 4.79 Å². The van der Waals surface area contributed by atoms with Crippen LogP contribution in [0.25, 0.3) is 33.2 Å². The molecule has 5 aromatic rings. The van der Waals surface area contributed by atoms with Gasteiger partial charge in [-0.15, -0.1) is 0 Å². The Bertz CT molecular complexity index is 1450. The van der Waals surface area contributed by atoms with E-state index < -0.39 is 0 Å². The van der Waals surface area contributed by atoms with Crippen molar-refractivity contribution in [2.75, 3.05) is 0 Å². The lowest BCUT2D eigenvalue weighted by atomic mass is 10.1. The van der Waals surface area contributed by atoms with Crippen LogP contribution in [0.4, 0.5) is 0 Å². The Morgan fingerprint density at radius 1 is 1.00 bits per heavy atom. The number of aromatic amines is 1. The Kier molecular flexibility index (Phi) is 4.73. The third-order valence-electron chi connectivity index (χ3n) is 5.28. The predicted molar refractivity (Wildman–Crippen MR) is 124 cm³/mol. The van der Waals surface area contributed by atoms with Crippen molar-refractivity contribution in [1.29, 1.82) is 0 Å². The number of halogens is 1. The lowest BCUT2D eigenvalue weighted by Gasteiger charge is -2.07. The maximum absolute atomic E-state index is 12.9. The van der Waals surface area contributed by atoms with Crippen molar-refractivity contribution in [3.8, 4) is 11.3 Å². The highest BCUT2D eigenvalue weighted by atomic mass is 79.9. The van der Waals surface area contributed by atoms with Gasteiger partial charge in [0, 0.05) is 40.2 Å². The van der Waals surface area contributed by atoms with Gasteiger partial charge in [0.15, 0.2) is 0 Å². The Labute approximate surface area is 181 Å². The van der Waals surface area contributed by atoms with Crippen molar-refractivity contribution in [3.63, 3.8) is 0 Å². The lowest BCUT2D eigenvalue weighted by Crippen LogP contribution is -2.11. The number of aromatic nitrogens is 3. The molecule has 0 atom stereocenters. The second-order valence-electron chi connectivity index (χ2n) is 7.29. The van der Waals surface area contributed by atoms with Crippen LogP contribution in [0.15, 0.2) is 82.2 Å². The summed E-state index contributed by atoms with van der Waals surface area (Å²) < 4.78 is 3.11. The molecule has 5 nitrogen and oxygen atoms in total. The van der Waals surface area contributed by atoms with Crippen molar-refractivity contribution < 1.29 is 0 Å². The molecule has 2 heterocycles. The van der Waals surface area contributed by atoms with Crippen molar-refractivity contribution in [3.05, 3.63) is 98.9 Å². The monoisotopic (exact) mass is 458 g/mol. The Morgan fingerprint density at radius 2 is 1.83 bits per heavy atom. The third kappa shape index (κ3) is 3.34. The molecule has 148 valence electrons. The van der Waals surface area contributed by atoms with Crippen LogP contribution in [0.1, 0.15) is 11.1 Å². The van der Waals surface area contributed by atoms with Crippen LogP contribution >= 0.6 is 15.9 Å². The zero-order valence-electron chi connectivity index (χ0n) is 16.1. The maximum atomic E-state index is 12.9. The van der Waals surface area contributed by atoms with Gasteiger partial charge in [0.05, 0.1) is 11.0 Å². The fourth-order valence-electron chi connectivity index (χ4n) is 3.85. The van der Waals surface area contributed by atoms with Crippen LogP contribution in [0.5, 0.6) is 0 Å². The molecule has 0 bridgehead atoms. The number of H-pyrrole nitrogens is 1. The van der Waals surface area contributed by atoms with Crippen LogP contribution in [-0.4, -0.2) is 14.5 Å². The molecule has 3 aromatic carbocycles. The fraction of sp³-hybridized carbons (Fsp3) is 0.0833. The molecule has 6 heteroatoms. The number of hydrogen-bond donors (Lipinski definition) is 2. The average Bonchev–Trinajstić information content (AvgIpc) is 3.10. The number of nitrogens with one attached hydrogen (secondary N) is 1. The first kappa shape index (κ1) is 18.8. The largest absolute Gasteiger partial charge is 0.342 e. The van der Waals surface area contributed by atoms with E-state index in [1.54, 1.807) is 0 Å². The summed E-state index contributed by atoms with van der Waals surface area (Å²) in [4.78, 5) is 20.5. The molecule has 5 rings (SSSR count). The van der Waals surface area contributed by atoms with E-state index in [1.807, 2.05) is 54.7 Å². The first-order valence-electron chi connectivity index (χ1n) is 9.68. The molecule has 0 aliphatic heterocycles. The molecular weight excluding hydrogens is 440 g/mol. The molecule has 3 N–H and O–H groups in total. The Balaban J connectivity index is 1.70. The molecule has 0 spiro atoms. The van der Waals surface area contributed by atoms with Gasteiger partial charge in [0.1, 0.15) is 5.69 Å². The van der Waals surface area contributed by atoms with Crippen LogP contribution in [0, 0.1) is 0 Å². The number of nitrogens with two attached hydrogens (primary N) is 1. The number of fused-ring (bicyclic) bond motifs is 2. The maximum Gasteiger partial charge on any atom is 0.275 e. The number of nitrogens with zero attached hydrogens (tertiary/aromatic N) is 2. The molecule has 2 aromatic heterocycles. The van der Waals surface area contributed by atoms with Crippen LogP contribution in [0.2, 0.25) is 0 Å². The molecule has 0 unspecified atom stereocenters. The van der Waals surface area contributed by atoms with Gasteiger partial charge in [-0.05, 0) is 41.5 Å². The molecule has 0 aliphatic rings. The topological polar surface area (TPSA) is 76.7 Å². The second-order valence-corrected chi connectivity index (χ2v) is 8.20. The molecule has 0 amide bonds. The second kappa shape index (κ2) is 7.55. The minimum atomic E-state index is -0.196. The summed E-state index contributed by atoms with van der Waals surface area (Å²) in [5, 5.41) is 0.979. The van der Waals surface area contributed by atoms with Gasteiger partial charge in [0.25, 0.3) is 5.56 Å². The number of benzene rings is 3. The highest BCUT2D eigenvalue weighted by molar-refractivity contribution is 9.10.